The van der Waals surface area contributed by atoms with E-state index in [9.17, 15) is 0 Å². The number of benzene rings is 2. The molecule has 0 radical (unpaired) electrons. The molecule has 0 saturated heterocycles. The fourth-order valence-corrected chi connectivity index (χ4v) is 3.89. The van der Waals surface area contributed by atoms with Gasteiger partial charge in [0.25, 0.3) is 0 Å². The number of rotatable bonds is 2. The van der Waals surface area contributed by atoms with Crippen LogP contribution < -0.4 is 0 Å². The van der Waals surface area contributed by atoms with Gasteiger partial charge in [0, 0.05) is 17.1 Å². The Morgan fingerprint density at radius 2 is 1.65 bits per heavy atom. The lowest BCUT2D eigenvalue weighted by atomic mass is 9.87. The molecule has 0 N–H and O–H groups in total. The predicted molar refractivity (Wildman–Crippen MR) is 111 cm³/mol. The van der Waals surface area contributed by atoms with Gasteiger partial charge >= 0.3 is 0 Å². The van der Waals surface area contributed by atoms with Crippen molar-refractivity contribution in [3.63, 3.8) is 0 Å². The molecule has 2 heterocycles. The minimum atomic E-state index is 0.296. The average molecular weight is 342 g/mol. The Morgan fingerprint density at radius 1 is 0.923 bits per heavy atom. The Hall–Kier alpha value is -2.61. The van der Waals surface area contributed by atoms with Gasteiger partial charge in [-0.1, -0.05) is 56.2 Å². The van der Waals surface area contributed by atoms with Crippen molar-refractivity contribution < 1.29 is 0 Å². The molecule has 26 heavy (non-hydrogen) atoms. The molecule has 0 aliphatic heterocycles. The van der Waals surface area contributed by atoms with E-state index in [0.29, 0.717) is 5.41 Å². The zero-order chi connectivity index (χ0) is 18.5. The molecule has 0 saturated carbocycles. The fraction of sp³-hybridized carbons (Fsp3) is 0.292. The van der Waals surface area contributed by atoms with Crippen LogP contribution in [0.3, 0.4) is 0 Å². The van der Waals surface area contributed by atoms with Crippen LogP contribution in [0.1, 0.15) is 37.5 Å². The van der Waals surface area contributed by atoms with Gasteiger partial charge in [-0.05, 0) is 54.8 Å². The zero-order valence-corrected chi connectivity index (χ0v) is 16.3. The number of aromatic nitrogens is 2. The van der Waals surface area contributed by atoms with Crippen LogP contribution in [0, 0.1) is 19.3 Å². The second kappa shape index (κ2) is 5.98. The highest BCUT2D eigenvalue weighted by molar-refractivity contribution is 5.96. The highest BCUT2D eigenvalue weighted by Crippen LogP contribution is 2.29. The Morgan fingerprint density at radius 3 is 2.35 bits per heavy atom. The van der Waals surface area contributed by atoms with Crippen LogP contribution >= 0.6 is 0 Å². The van der Waals surface area contributed by atoms with E-state index in [1.165, 1.54) is 38.5 Å². The van der Waals surface area contributed by atoms with E-state index in [-0.39, 0.29) is 0 Å². The Bertz CT molecular complexity index is 1090. The third-order valence-corrected chi connectivity index (χ3v) is 4.81. The lowest BCUT2D eigenvalue weighted by molar-refractivity contribution is 0.411. The molecule has 0 unspecified atom stereocenters. The predicted octanol–water partition coefficient (Wildman–Crippen LogP) is 6.36. The summed E-state index contributed by atoms with van der Waals surface area (Å²) in [6, 6.07) is 15.7. The molecule has 2 aromatic carbocycles. The summed E-state index contributed by atoms with van der Waals surface area (Å²) < 4.78 is 2.21. The zero-order valence-electron chi connectivity index (χ0n) is 16.3. The van der Waals surface area contributed by atoms with Gasteiger partial charge < -0.3 is 0 Å². The van der Waals surface area contributed by atoms with Crippen LogP contribution in [0.5, 0.6) is 0 Å². The number of pyridine rings is 1. The lowest BCUT2D eigenvalue weighted by Crippen LogP contribution is -2.08. The van der Waals surface area contributed by atoms with Crippen LogP contribution in [-0.4, -0.2) is 9.38 Å². The van der Waals surface area contributed by atoms with Gasteiger partial charge in [-0.3, -0.25) is 4.40 Å². The molecule has 0 bridgehead atoms. The summed E-state index contributed by atoms with van der Waals surface area (Å²) in [4.78, 5) is 4.74. The third-order valence-electron chi connectivity index (χ3n) is 4.81. The maximum absolute atomic E-state index is 4.74. The molecule has 4 aromatic rings. The second-order valence-corrected chi connectivity index (χ2v) is 8.69. The lowest BCUT2D eigenvalue weighted by Gasteiger charge is -2.18. The van der Waals surface area contributed by atoms with Crippen molar-refractivity contribution in [1.82, 2.24) is 9.38 Å². The Kier molecular flexibility index (Phi) is 3.87. The maximum Gasteiger partial charge on any atom is 0.144 e. The number of fused-ring (bicyclic) bond motifs is 3. The Labute approximate surface area is 155 Å². The number of hydrogen-bond acceptors (Lipinski definition) is 1. The van der Waals surface area contributed by atoms with Crippen LogP contribution in [0.25, 0.3) is 27.7 Å². The molecule has 4 rings (SSSR count). The highest BCUT2D eigenvalue weighted by Gasteiger charge is 2.13. The van der Waals surface area contributed by atoms with Gasteiger partial charge in [0.05, 0.1) is 11.7 Å². The van der Waals surface area contributed by atoms with Crippen LogP contribution in [0.4, 0.5) is 0 Å². The number of imidazole rings is 1. The molecule has 0 spiro atoms. The summed E-state index contributed by atoms with van der Waals surface area (Å²) in [5, 5.41) is 2.54. The molecular weight excluding hydrogens is 316 g/mol. The maximum atomic E-state index is 4.74. The average Bonchev–Trinajstić information content (AvgIpc) is 2.96. The van der Waals surface area contributed by atoms with Crippen molar-refractivity contribution >= 4 is 16.3 Å². The van der Waals surface area contributed by atoms with Crippen molar-refractivity contribution in [2.45, 2.75) is 41.0 Å². The van der Waals surface area contributed by atoms with E-state index >= 15 is 0 Å². The second-order valence-electron chi connectivity index (χ2n) is 8.69. The summed E-state index contributed by atoms with van der Waals surface area (Å²) in [6.07, 6.45) is 5.23. The molecule has 0 aliphatic carbocycles. The first kappa shape index (κ1) is 16.8. The van der Waals surface area contributed by atoms with E-state index in [1.54, 1.807) is 0 Å². The van der Waals surface area contributed by atoms with E-state index in [2.05, 4.69) is 87.7 Å². The van der Waals surface area contributed by atoms with E-state index < -0.39 is 0 Å². The van der Waals surface area contributed by atoms with Crippen molar-refractivity contribution in [2.75, 3.05) is 0 Å². The fourth-order valence-electron chi connectivity index (χ4n) is 3.89. The summed E-state index contributed by atoms with van der Waals surface area (Å²) in [5.41, 5.74) is 6.56. The minimum absolute atomic E-state index is 0.296. The largest absolute Gasteiger partial charge is 0.299 e. The van der Waals surface area contributed by atoms with Crippen molar-refractivity contribution in [1.29, 1.82) is 0 Å². The van der Waals surface area contributed by atoms with Gasteiger partial charge in [-0.15, -0.1) is 0 Å². The molecule has 0 aliphatic rings. The van der Waals surface area contributed by atoms with Gasteiger partial charge in [-0.2, -0.15) is 0 Å². The topological polar surface area (TPSA) is 17.3 Å². The normalized spacial score (nSPS) is 12.2. The molecule has 2 nitrogen and oxygen atoms in total. The molecular formula is C24H26N2. The van der Waals surface area contributed by atoms with Crippen LogP contribution in [0.15, 0.2) is 54.9 Å². The van der Waals surface area contributed by atoms with Gasteiger partial charge in [0.15, 0.2) is 0 Å². The summed E-state index contributed by atoms with van der Waals surface area (Å²) >= 11 is 0. The SMILES string of the molecule is Cc1cc(C)cc(-c2ncc3c4ccc(CC(C)(C)C)cc4ccn23)c1. The first-order valence-corrected chi connectivity index (χ1v) is 9.28. The van der Waals surface area contributed by atoms with E-state index in [0.717, 1.165) is 12.2 Å². The van der Waals surface area contributed by atoms with Crippen molar-refractivity contribution in [3.8, 4) is 11.4 Å². The minimum Gasteiger partial charge on any atom is -0.299 e. The highest BCUT2D eigenvalue weighted by atomic mass is 15.0. The number of aryl methyl sites for hydroxylation is 2. The van der Waals surface area contributed by atoms with Gasteiger partial charge in [0.1, 0.15) is 5.82 Å². The van der Waals surface area contributed by atoms with E-state index in [4.69, 9.17) is 4.98 Å². The van der Waals surface area contributed by atoms with Crippen LogP contribution in [0.2, 0.25) is 0 Å². The molecule has 2 aromatic heterocycles. The van der Waals surface area contributed by atoms with Crippen molar-refractivity contribution in [2.24, 2.45) is 5.41 Å². The Balaban J connectivity index is 1.86. The quantitative estimate of drug-likeness (QED) is 0.414. The molecule has 0 amide bonds. The first-order chi connectivity index (χ1) is 12.3. The molecule has 0 fully saturated rings. The van der Waals surface area contributed by atoms with Crippen molar-refractivity contribution in [3.05, 3.63) is 71.5 Å². The smallest absolute Gasteiger partial charge is 0.144 e. The third kappa shape index (κ3) is 3.12. The summed E-state index contributed by atoms with van der Waals surface area (Å²) in [5.74, 6) is 1.01. The molecule has 2 heteroatoms. The van der Waals surface area contributed by atoms with Crippen LogP contribution in [-0.2, 0) is 6.42 Å². The number of hydrogen-bond donors (Lipinski definition) is 0. The summed E-state index contributed by atoms with van der Waals surface area (Å²) in [6.45, 7) is 11.1. The monoisotopic (exact) mass is 342 g/mol. The standard InChI is InChI=1S/C24H26N2/c1-16-10-17(2)12-20(11-16)23-25-15-22-21-7-6-18(14-24(3,4)5)13-19(21)8-9-26(22)23/h6-13,15H,14H2,1-5H3. The van der Waals surface area contributed by atoms with E-state index in [1.807, 2.05) is 6.20 Å². The number of nitrogens with zero attached hydrogens (tertiary/aromatic N) is 2. The van der Waals surface area contributed by atoms with Gasteiger partial charge in [-0.25, -0.2) is 4.98 Å². The molecule has 132 valence electrons. The first-order valence-electron chi connectivity index (χ1n) is 9.28. The van der Waals surface area contributed by atoms with Gasteiger partial charge in [0.2, 0.25) is 0 Å². The summed E-state index contributed by atoms with van der Waals surface area (Å²) in [7, 11) is 0. The molecule has 0 atom stereocenters.